The molecule has 1 aromatic carbocycles. The summed E-state index contributed by atoms with van der Waals surface area (Å²) in [7, 11) is 0. The number of amidine groups is 1. The number of allylic oxidation sites excluding steroid dienone is 2. The molecule has 0 unspecified atom stereocenters. The third kappa shape index (κ3) is 3.96. The normalized spacial score (nSPS) is 22.1. The number of aliphatic imine (C=N–C) groups is 1. The molecule has 0 amide bonds. The quantitative estimate of drug-likeness (QED) is 0.668. The summed E-state index contributed by atoms with van der Waals surface area (Å²) in [6.07, 6.45) is 5.11. The lowest BCUT2D eigenvalue weighted by molar-refractivity contribution is 0.301. The van der Waals surface area contributed by atoms with Crippen molar-refractivity contribution in [3.63, 3.8) is 0 Å². The van der Waals surface area contributed by atoms with Crippen molar-refractivity contribution in [1.29, 1.82) is 5.26 Å². The highest BCUT2D eigenvalue weighted by Crippen LogP contribution is 2.54. The van der Waals surface area contributed by atoms with E-state index in [-0.39, 0.29) is 0 Å². The van der Waals surface area contributed by atoms with Gasteiger partial charge in [0, 0.05) is 16.7 Å². The fraction of sp³-hybridized carbons (Fsp3) is 0.348. The molecule has 0 atom stereocenters. The second kappa shape index (κ2) is 9.08. The van der Waals surface area contributed by atoms with E-state index in [1.807, 2.05) is 37.3 Å². The zero-order valence-electron chi connectivity index (χ0n) is 18.3. The number of benzene rings is 1. The zero-order valence-corrected chi connectivity index (χ0v) is 19.9. The van der Waals surface area contributed by atoms with E-state index in [0.29, 0.717) is 22.4 Å². The molecule has 1 saturated carbocycles. The zero-order chi connectivity index (χ0) is 22.8. The second-order valence-corrected chi connectivity index (χ2v) is 10.2. The Morgan fingerprint density at radius 1 is 1.24 bits per heavy atom. The Morgan fingerprint density at radius 3 is 2.73 bits per heavy atom. The van der Waals surface area contributed by atoms with Crippen LogP contribution in [0.1, 0.15) is 44.9 Å². The van der Waals surface area contributed by atoms with Crippen LogP contribution in [-0.4, -0.2) is 26.0 Å². The first-order valence-corrected chi connectivity index (χ1v) is 12.8. The summed E-state index contributed by atoms with van der Waals surface area (Å²) in [5, 5.41) is 29.7. The summed E-state index contributed by atoms with van der Waals surface area (Å²) in [5.41, 5.74) is 9.87. The van der Waals surface area contributed by atoms with Gasteiger partial charge in [0.05, 0.1) is 28.1 Å². The highest BCUT2D eigenvalue weighted by molar-refractivity contribution is 8.06. The number of nitrogens with two attached hydrogens (primary N) is 1. The third-order valence-corrected chi connectivity index (χ3v) is 8.22. The standard InChI is InChI=1S/C23H24N8S2/c1-15-13-32-22(26-15)19-20(25)27-21(17(12-24)23(19)10-6-3-7-11-23)33-14-18-28-29-30-31(18)16-8-4-2-5-9-16/h2,4-5,8-9,13,26H,3,6-7,10-11,14H2,1H3,(H2,25,27). The molecule has 10 heteroatoms. The minimum atomic E-state index is -0.402. The maximum Gasteiger partial charge on any atom is 0.166 e. The largest absolute Gasteiger partial charge is 0.383 e. The molecule has 1 fully saturated rings. The van der Waals surface area contributed by atoms with Crippen LogP contribution in [0.5, 0.6) is 0 Å². The van der Waals surface area contributed by atoms with Crippen molar-refractivity contribution < 1.29 is 0 Å². The van der Waals surface area contributed by atoms with E-state index < -0.39 is 5.41 Å². The minimum Gasteiger partial charge on any atom is -0.383 e. The smallest absolute Gasteiger partial charge is 0.166 e. The van der Waals surface area contributed by atoms with Crippen molar-refractivity contribution in [3.8, 4) is 11.8 Å². The molecule has 33 heavy (non-hydrogen) atoms. The molecule has 1 aliphatic carbocycles. The number of nitrogens with zero attached hydrogens (tertiary/aromatic N) is 6. The van der Waals surface area contributed by atoms with E-state index in [1.54, 1.807) is 16.4 Å². The lowest BCUT2D eigenvalue weighted by atomic mass is 9.64. The lowest BCUT2D eigenvalue weighted by Crippen LogP contribution is -2.40. The number of tetrazole rings is 1. The number of nitrogens with one attached hydrogen (secondary N) is 1. The maximum atomic E-state index is 10.3. The van der Waals surface area contributed by atoms with E-state index in [1.165, 1.54) is 18.2 Å². The fourth-order valence-electron chi connectivity index (χ4n) is 4.75. The Kier molecular flexibility index (Phi) is 6.00. The number of nitriles is 1. The predicted molar refractivity (Wildman–Crippen MR) is 132 cm³/mol. The van der Waals surface area contributed by atoms with E-state index >= 15 is 0 Å². The first-order chi connectivity index (χ1) is 16.1. The van der Waals surface area contributed by atoms with Gasteiger partial charge in [-0.1, -0.05) is 61.0 Å². The summed E-state index contributed by atoms with van der Waals surface area (Å²) in [4.78, 5) is 4.74. The van der Waals surface area contributed by atoms with E-state index in [0.717, 1.165) is 53.2 Å². The Morgan fingerprint density at radius 2 is 2.03 bits per heavy atom. The molecule has 5 rings (SSSR count). The van der Waals surface area contributed by atoms with Crippen LogP contribution < -0.4 is 11.1 Å². The summed E-state index contributed by atoms with van der Waals surface area (Å²) >= 11 is 3.11. The summed E-state index contributed by atoms with van der Waals surface area (Å²) in [5.74, 6) is 1.67. The average Bonchev–Trinajstić information content (AvgIpc) is 3.48. The van der Waals surface area contributed by atoms with Crippen LogP contribution in [0, 0.1) is 16.7 Å². The molecule has 1 aromatic heterocycles. The van der Waals surface area contributed by atoms with Crippen LogP contribution in [0.4, 0.5) is 0 Å². The van der Waals surface area contributed by atoms with Gasteiger partial charge in [-0.15, -0.1) is 5.10 Å². The van der Waals surface area contributed by atoms with E-state index in [4.69, 9.17) is 10.7 Å². The molecular formula is C23H24N8S2. The molecule has 0 radical (unpaired) electrons. The molecule has 8 nitrogen and oxygen atoms in total. The van der Waals surface area contributed by atoms with Crippen LogP contribution in [-0.2, 0) is 5.75 Å². The number of aromatic nitrogens is 4. The van der Waals surface area contributed by atoms with Gasteiger partial charge in [-0.25, -0.2) is 4.99 Å². The van der Waals surface area contributed by atoms with Gasteiger partial charge in [-0.2, -0.15) is 9.94 Å². The summed E-state index contributed by atoms with van der Waals surface area (Å²) in [6.45, 7) is 2.03. The number of hydrogen-bond acceptors (Lipinski definition) is 9. The minimum absolute atomic E-state index is 0.402. The van der Waals surface area contributed by atoms with Crippen molar-refractivity contribution in [2.75, 3.05) is 0 Å². The van der Waals surface area contributed by atoms with Gasteiger partial charge in [0.25, 0.3) is 0 Å². The van der Waals surface area contributed by atoms with Gasteiger partial charge >= 0.3 is 0 Å². The number of hydrogen-bond donors (Lipinski definition) is 2. The first-order valence-electron chi connectivity index (χ1n) is 10.9. The van der Waals surface area contributed by atoms with Crippen molar-refractivity contribution >= 4 is 29.4 Å². The highest BCUT2D eigenvalue weighted by Gasteiger charge is 2.47. The van der Waals surface area contributed by atoms with Gasteiger partial charge in [0.2, 0.25) is 0 Å². The monoisotopic (exact) mass is 476 g/mol. The lowest BCUT2D eigenvalue weighted by Gasteiger charge is -2.42. The number of rotatable bonds is 4. The van der Waals surface area contributed by atoms with Crippen LogP contribution in [0.15, 0.2) is 67.6 Å². The molecule has 3 heterocycles. The fourth-order valence-corrected chi connectivity index (χ4v) is 6.73. The SMILES string of the molecule is CC1=CSC(=C2C(N)=NC(SCc3nnnn3-c3ccccc3)=C(C#N)C23CCCCC3)N1. The van der Waals surface area contributed by atoms with Crippen molar-refractivity contribution in [3.05, 3.63) is 68.5 Å². The topological polar surface area (TPSA) is 118 Å². The molecule has 0 bridgehead atoms. The summed E-state index contributed by atoms with van der Waals surface area (Å²) < 4.78 is 1.72. The molecule has 0 saturated heterocycles. The number of thioether (sulfide) groups is 2. The van der Waals surface area contributed by atoms with Crippen molar-refractivity contribution in [2.45, 2.75) is 44.8 Å². The van der Waals surface area contributed by atoms with Crippen molar-refractivity contribution in [2.24, 2.45) is 16.1 Å². The number of para-hydroxylation sites is 1. The second-order valence-electron chi connectivity index (χ2n) is 8.31. The van der Waals surface area contributed by atoms with E-state index in [2.05, 4.69) is 32.3 Å². The molecular weight excluding hydrogens is 452 g/mol. The Labute approximate surface area is 201 Å². The molecule has 3 N–H and O–H groups in total. The third-order valence-electron chi connectivity index (χ3n) is 6.23. The van der Waals surface area contributed by atoms with Crippen LogP contribution in [0.3, 0.4) is 0 Å². The van der Waals surface area contributed by atoms with Gasteiger partial charge < -0.3 is 11.1 Å². The van der Waals surface area contributed by atoms with Crippen molar-refractivity contribution in [1.82, 2.24) is 25.5 Å². The van der Waals surface area contributed by atoms with Gasteiger partial charge in [-0.3, -0.25) is 0 Å². The Balaban J connectivity index is 1.51. The molecule has 2 aliphatic heterocycles. The molecule has 1 spiro atoms. The summed E-state index contributed by atoms with van der Waals surface area (Å²) in [6, 6.07) is 12.3. The van der Waals surface area contributed by atoms with Crippen LogP contribution in [0.2, 0.25) is 0 Å². The molecule has 3 aliphatic rings. The van der Waals surface area contributed by atoms with Crippen LogP contribution >= 0.6 is 23.5 Å². The Hall–Kier alpha value is -3.03. The van der Waals surface area contributed by atoms with Gasteiger partial charge in [-0.05, 0) is 47.7 Å². The first kappa shape index (κ1) is 21.8. The predicted octanol–water partition coefficient (Wildman–Crippen LogP) is 4.36. The molecule has 2 aromatic rings. The van der Waals surface area contributed by atoms with Crippen LogP contribution in [0.25, 0.3) is 5.69 Å². The Bertz CT molecular complexity index is 1230. The van der Waals surface area contributed by atoms with Gasteiger partial charge in [0.1, 0.15) is 10.9 Å². The maximum absolute atomic E-state index is 10.3. The molecule has 168 valence electrons. The highest BCUT2D eigenvalue weighted by atomic mass is 32.2. The van der Waals surface area contributed by atoms with Gasteiger partial charge in [0.15, 0.2) is 5.82 Å². The van der Waals surface area contributed by atoms with E-state index in [9.17, 15) is 5.26 Å². The average molecular weight is 477 g/mol.